The Labute approximate surface area is 115 Å². The highest BCUT2D eigenvalue weighted by atomic mass is 15.3. The number of nitrogens with two attached hydrogens (primary N) is 1. The van der Waals surface area contributed by atoms with Crippen LogP contribution in [0.3, 0.4) is 0 Å². The third kappa shape index (κ3) is 3.49. The molecule has 0 saturated heterocycles. The lowest BCUT2D eigenvalue weighted by atomic mass is 9.86. The lowest BCUT2D eigenvalue weighted by Gasteiger charge is -2.23. The van der Waals surface area contributed by atoms with E-state index in [4.69, 9.17) is 5.73 Å². The minimum absolute atomic E-state index is 0.575. The molecule has 1 saturated carbocycles. The lowest BCUT2D eigenvalue weighted by molar-refractivity contribution is 0.326. The fourth-order valence-electron chi connectivity index (χ4n) is 2.45. The number of aliphatic imine (C=N–C) groups is 1. The van der Waals surface area contributed by atoms with Crippen LogP contribution in [0.2, 0.25) is 0 Å². The van der Waals surface area contributed by atoms with Crippen molar-refractivity contribution < 1.29 is 0 Å². The van der Waals surface area contributed by atoms with Crippen LogP contribution in [0.1, 0.15) is 36.2 Å². The molecule has 5 heteroatoms. The number of hydrogen-bond acceptors (Lipinski definition) is 2. The van der Waals surface area contributed by atoms with Gasteiger partial charge in [-0.05, 0) is 44.6 Å². The van der Waals surface area contributed by atoms with Crippen LogP contribution in [-0.2, 0) is 13.5 Å². The van der Waals surface area contributed by atoms with E-state index in [2.05, 4.69) is 29.3 Å². The van der Waals surface area contributed by atoms with Crippen LogP contribution in [0.15, 0.2) is 4.99 Å². The van der Waals surface area contributed by atoms with Crippen molar-refractivity contribution in [2.24, 2.45) is 23.7 Å². The maximum Gasteiger partial charge on any atom is 0.188 e. The highest BCUT2D eigenvalue weighted by Gasteiger charge is 2.16. The van der Waals surface area contributed by atoms with E-state index in [1.54, 1.807) is 0 Å². The second kappa shape index (κ2) is 6.08. The third-order valence-corrected chi connectivity index (χ3v) is 4.08. The molecule has 0 unspecified atom stereocenters. The van der Waals surface area contributed by atoms with Crippen LogP contribution < -0.4 is 11.1 Å². The molecule has 5 nitrogen and oxygen atoms in total. The fourth-order valence-corrected chi connectivity index (χ4v) is 2.45. The molecule has 1 fully saturated rings. The number of guanidine groups is 1. The number of aromatic nitrogens is 2. The van der Waals surface area contributed by atoms with Crippen LogP contribution in [0.5, 0.6) is 0 Å². The molecule has 1 aromatic heterocycles. The van der Waals surface area contributed by atoms with Gasteiger partial charge in [-0.1, -0.05) is 6.42 Å². The summed E-state index contributed by atoms with van der Waals surface area (Å²) >= 11 is 0. The van der Waals surface area contributed by atoms with Crippen LogP contribution >= 0.6 is 0 Å². The second-order valence-corrected chi connectivity index (χ2v) is 5.47. The maximum atomic E-state index is 5.86. The van der Waals surface area contributed by atoms with E-state index < -0.39 is 0 Å². The van der Waals surface area contributed by atoms with Gasteiger partial charge in [0.25, 0.3) is 0 Å². The van der Waals surface area contributed by atoms with Crippen molar-refractivity contribution in [3.63, 3.8) is 0 Å². The number of nitrogens with one attached hydrogen (secondary N) is 1. The Balaban J connectivity index is 1.76. The Morgan fingerprint density at radius 2 is 2.21 bits per heavy atom. The zero-order valence-electron chi connectivity index (χ0n) is 12.2. The first-order chi connectivity index (χ1) is 9.08. The Morgan fingerprint density at radius 3 is 2.74 bits per heavy atom. The van der Waals surface area contributed by atoms with Crippen molar-refractivity contribution in [2.45, 2.75) is 39.5 Å². The average Bonchev–Trinajstić information content (AvgIpc) is 2.53. The predicted octanol–water partition coefficient (Wildman–Crippen LogP) is 1.28. The van der Waals surface area contributed by atoms with Gasteiger partial charge in [0.2, 0.25) is 0 Å². The number of rotatable bonds is 5. The first kappa shape index (κ1) is 13.9. The molecule has 0 spiro atoms. The molecular weight excluding hydrogens is 238 g/mol. The summed E-state index contributed by atoms with van der Waals surface area (Å²) in [6.45, 7) is 5.84. The van der Waals surface area contributed by atoms with Gasteiger partial charge in [-0.3, -0.25) is 9.67 Å². The molecule has 1 aliphatic rings. The molecule has 19 heavy (non-hydrogen) atoms. The smallest absolute Gasteiger partial charge is 0.188 e. The van der Waals surface area contributed by atoms with Crippen LogP contribution in [-0.4, -0.2) is 28.8 Å². The predicted molar refractivity (Wildman–Crippen MR) is 78.2 cm³/mol. The highest BCUT2D eigenvalue weighted by molar-refractivity contribution is 5.77. The van der Waals surface area contributed by atoms with Crippen molar-refractivity contribution in [1.82, 2.24) is 15.1 Å². The SMILES string of the molecule is Cc1nn(C)c(C)c1CCNC(N)=NCC1CCC1. The fraction of sp³-hybridized carbons (Fsp3) is 0.714. The Kier molecular flexibility index (Phi) is 4.45. The number of aryl methyl sites for hydroxylation is 2. The van der Waals surface area contributed by atoms with Crippen LogP contribution in [0.25, 0.3) is 0 Å². The summed E-state index contributed by atoms with van der Waals surface area (Å²) in [5.74, 6) is 1.34. The van der Waals surface area contributed by atoms with Crippen LogP contribution in [0.4, 0.5) is 0 Å². The molecule has 1 heterocycles. The quantitative estimate of drug-likeness (QED) is 0.621. The first-order valence-electron chi connectivity index (χ1n) is 7.10. The second-order valence-electron chi connectivity index (χ2n) is 5.47. The summed E-state index contributed by atoms with van der Waals surface area (Å²) < 4.78 is 1.93. The van der Waals surface area contributed by atoms with Crippen molar-refractivity contribution in [2.75, 3.05) is 13.1 Å². The van der Waals surface area contributed by atoms with Gasteiger partial charge in [-0.15, -0.1) is 0 Å². The van der Waals surface area contributed by atoms with E-state index in [-0.39, 0.29) is 0 Å². The van der Waals surface area contributed by atoms with E-state index in [1.807, 2.05) is 11.7 Å². The molecule has 0 aliphatic heterocycles. The lowest BCUT2D eigenvalue weighted by Crippen LogP contribution is -2.34. The Bertz CT molecular complexity index is 457. The van der Waals surface area contributed by atoms with Gasteiger partial charge < -0.3 is 11.1 Å². The largest absolute Gasteiger partial charge is 0.370 e. The standard InChI is InChI=1S/C14H25N5/c1-10-13(11(2)19(3)18-10)7-8-16-14(15)17-9-12-5-4-6-12/h12H,4-9H2,1-3H3,(H3,15,16,17). The molecule has 106 valence electrons. The molecule has 1 aromatic rings. The Hall–Kier alpha value is -1.52. The monoisotopic (exact) mass is 263 g/mol. The molecular formula is C14H25N5. The van der Waals surface area contributed by atoms with Gasteiger partial charge in [0.15, 0.2) is 5.96 Å². The molecule has 0 atom stereocenters. The molecule has 0 aromatic carbocycles. The topological polar surface area (TPSA) is 68.2 Å². The van der Waals surface area contributed by atoms with E-state index in [9.17, 15) is 0 Å². The normalized spacial score (nSPS) is 16.5. The minimum atomic E-state index is 0.575. The minimum Gasteiger partial charge on any atom is -0.370 e. The zero-order valence-corrected chi connectivity index (χ0v) is 12.2. The summed E-state index contributed by atoms with van der Waals surface area (Å²) in [5.41, 5.74) is 9.50. The summed E-state index contributed by atoms with van der Waals surface area (Å²) in [6.07, 6.45) is 4.91. The van der Waals surface area contributed by atoms with Gasteiger partial charge in [-0.25, -0.2) is 0 Å². The van der Waals surface area contributed by atoms with Gasteiger partial charge in [-0.2, -0.15) is 5.10 Å². The summed E-state index contributed by atoms with van der Waals surface area (Å²) in [6, 6.07) is 0. The van der Waals surface area contributed by atoms with Gasteiger partial charge in [0.1, 0.15) is 0 Å². The van der Waals surface area contributed by atoms with E-state index in [1.165, 1.54) is 30.5 Å². The van der Waals surface area contributed by atoms with Crippen molar-refractivity contribution in [3.8, 4) is 0 Å². The van der Waals surface area contributed by atoms with E-state index in [0.29, 0.717) is 5.96 Å². The zero-order chi connectivity index (χ0) is 13.8. The summed E-state index contributed by atoms with van der Waals surface area (Å²) in [5, 5.41) is 7.60. The van der Waals surface area contributed by atoms with Gasteiger partial charge >= 0.3 is 0 Å². The number of nitrogens with zero attached hydrogens (tertiary/aromatic N) is 3. The molecule has 2 rings (SSSR count). The third-order valence-electron chi connectivity index (χ3n) is 4.08. The van der Waals surface area contributed by atoms with Crippen molar-refractivity contribution >= 4 is 5.96 Å². The first-order valence-corrected chi connectivity index (χ1v) is 7.10. The number of hydrogen-bond donors (Lipinski definition) is 2. The van der Waals surface area contributed by atoms with Crippen molar-refractivity contribution in [1.29, 1.82) is 0 Å². The molecule has 3 N–H and O–H groups in total. The van der Waals surface area contributed by atoms with E-state index >= 15 is 0 Å². The van der Waals surface area contributed by atoms with Crippen LogP contribution in [0, 0.1) is 19.8 Å². The molecule has 0 bridgehead atoms. The Morgan fingerprint density at radius 1 is 1.47 bits per heavy atom. The van der Waals surface area contributed by atoms with E-state index in [0.717, 1.165) is 31.1 Å². The summed E-state index contributed by atoms with van der Waals surface area (Å²) in [4.78, 5) is 4.39. The highest BCUT2D eigenvalue weighted by Crippen LogP contribution is 2.26. The summed E-state index contributed by atoms with van der Waals surface area (Å²) in [7, 11) is 1.98. The molecule has 0 radical (unpaired) electrons. The maximum absolute atomic E-state index is 5.86. The van der Waals surface area contributed by atoms with Gasteiger partial charge in [0.05, 0.1) is 5.69 Å². The average molecular weight is 263 g/mol. The van der Waals surface area contributed by atoms with Gasteiger partial charge in [0, 0.05) is 25.8 Å². The van der Waals surface area contributed by atoms with Crippen molar-refractivity contribution in [3.05, 3.63) is 17.0 Å². The molecule has 0 amide bonds. The molecule has 1 aliphatic carbocycles.